The molecule has 0 aromatic heterocycles. The van der Waals surface area contributed by atoms with Crippen LogP contribution in [0.15, 0.2) is 0 Å². The van der Waals surface area contributed by atoms with E-state index in [1.54, 1.807) is 0 Å². The molecule has 0 spiro atoms. The Hall–Kier alpha value is -0.0800. The molecule has 0 aromatic carbocycles. The van der Waals surface area contributed by atoms with E-state index in [0.717, 1.165) is 11.8 Å². The third kappa shape index (κ3) is 4.10. The van der Waals surface area contributed by atoms with Crippen LogP contribution < -0.4 is 6.15 Å². The molecule has 2 fully saturated rings. The van der Waals surface area contributed by atoms with Crippen LogP contribution in [0.2, 0.25) is 0 Å². The lowest BCUT2D eigenvalue weighted by Gasteiger charge is -2.20. The summed E-state index contributed by atoms with van der Waals surface area (Å²) in [5.41, 5.74) is 0. The van der Waals surface area contributed by atoms with Crippen LogP contribution in [0.1, 0.15) is 39.0 Å². The van der Waals surface area contributed by atoms with Gasteiger partial charge in [0, 0.05) is 13.1 Å². The van der Waals surface area contributed by atoms with E-state index >= 15 is 0 Å². The fourth-order valence-electron chi connectivity index (χ4n) is 1.90. The van der Waals surface area contributed by atoms with Crippen molar-refractivity contribution >= 4 is 0 Å². The summed E-state index contributed by atoms with van der Waals surface area (Å²) in [4.78, 5) is 2.70. The van der Waals surface area contributed by atoms with Gasteiger partial charge in [0.05, 0.1) is 0 Å². The van der Waals surface area contributed by atoms with Crippen molar-refractivity contribution in [1.29, 1.82) is 0 Å². The molecule has 0 aliphatic heterocycles. The van der Waals surface area contributed by atoms with Gasteiger partial charge in [-0.05, 0) is 50.5 Å². The van der Waals surface area contributed by atoms with E-state index in [1.165, 1.54) is 51.7 Å². The molecule has 2 heteroatoms. The SMILES string of the molecule is CCCN(CC1CC1)CC1CC1.N. The predicted molar refractivity (Wildman–Crippen MR) is 57.2 cm³/mol. The number of hydrogen-bond donors (Lipinski definition) is 1. The minimum atomic E-state index is 0. The van der Waals surface area contributed by atoms with Gasteiger partial charge in [0.2, 0.25) is 0 Å². The second-order valence-electron chi connectivity index (χ2n) is 4.65. The van der Waals surface area contributed by atoms with E-state index in [9.17, 15) is 0 Å². The second-order valence-corrected chi connectivity index (χ2v) is 4.65. The summed E-state index contributed by atoms with van der Waals surface area (Å²) in [7, 11) is 0. The van der Waals surface area contributed by atoms with Crippen molar-refractivity contribution in [2.75, 3.05) is 19.6 Å². The van der Waals surface area contributed by atoms with Crippen LogP contribution in [0, 0.1) is 11.8 Å². The van der Waals surface area contributed by atoms with E-state index in [2.05, 4.69) is 11.8 Å². The van der Waals surface area contributed by atoms with Gasteiger partial charge in [0.25, 0.3) is 0 Å². The average Bonchev–Trinajstić information content (AvgIpc) is 2.82. The van der Waals surface area contributed by atoms with Gasteiger partial charge >= 0.3 is 0 Å². The maximum absolute atomic E-state index is 2.70. The summed E-state index contributed by atoms with van der Waals surface area (Å²) in [6.07, 6.45) is 7.35. The zero-order chi connectivity index (χ0) is 8.39. The van der Waals surface area contributed by atoms with Crippen molar-refractivity contribution < 1.29 is 0 Å². The standard InChI is InChI=1S/C11H21N.H3N/c1-2-7-12(8-10-3-4-10)9-11-5-6-11;/h10-11H,2-9H2,1H3;1H3. The molecule has 0 aromatic rings. The van der Waals surface area contributed by atoms with Crippen molar-refractivity contribution in [2.45, 2.75) is 39.0 Å². The van der Waals surface area contributed by atoms with Gasteiger partial charge in [-0.1, -0.05) is 6.92 Å². The first kappa shape index (κ1) is 11.0. The molecule has 2 rings (SSSR count). The Morgan fingerprint density at radius 2 is 1.46 bits per heavy atom. The highest BCUT2D eigenvalue weighted by molar-refractivity contribution is 4.81. The van der Waals surface area contributed by atoms with Crippen LogP contribution in [0.4, 0.5) is 0 Å². The van der Waals surface area contributed by atoms with Gasteiger partial charge in [0.15, 0.2) is 0 Å². The van der Waals surface area contributed by atoms with Crippen LogP contribution in [0.3, 0.4) is 0 Å². The van der Waals surface area contributed by atoms with E-state index in [4.69, 9.17) is 0 Å². The largest absolute Gasteiger partial charge is 0.344 e. The van der Waals surface area contributed by atoms with E-state index in [-0.39, 0.29) is 6.15 Å². The molecule has 0 unspecified atom stereocenters. The lowest BCUT2D eigenvalue weighted by molar-refractivity contribution is 0.253. The van der Waals surface area contributed by atoms with Gasteiger partial charge < -0.3 is 11.1 Å². The minimum Gasteiger partial charge on any atom is -0.344 e. The lowest BCUT2D eigenvalue weighted by atomic mass is 10.3. The molecule has 0 amide bonds. The quantitative estimate of drug-likeness (QED) is 0.689. The highest BCUT2D eigenvalue weighted by Gasteiger charge is 2.28. The molecule has 0 saturated heterocycles. The summed E-state index contributed by atoms with van der Waals surface area (Å²) >= 11 is 0. The van der Waals surface area contributed by atoms with Gasteiger partial charge in [-0.15, -0.1) is 0 Å². The molecular formula is C11H24N2. The van der Waals surface area contributed by atoms with Gasteiger partial charge in [-0.3, -0.25) is 0 Å². The van der Waals surface area contributed by atoms with Crippen LogP contribution in [-0.4, -0.2) is 24.5 Å². The maximum Gasteiger partial charge on any atom is 0.000977 e. The first-order valence-corrected chi connectivity index (χ1v) is 5.61. The highest BCUT2D eigenvalue weighted by atomic mass is 15.1. The number of nitrogens with zero attached hydrogens (tertiary/aromatic N) is 1. The summed E-state index contributed by atoms with van der Waals surface area (Å²) in [5, 5.41) is 0. The van der Waals surface area contributed by atoms with E-state index in [0.29, 0.717) is 0 Å². The van der Waals surface area contributed by atoms with Crippen LogP contribution in [0.5, 0.6) is 0 Å². The van der Waals surface area contributed by atoms with E-state index in [1.807, 2.05) is 0 Å². The Labute approximate surface area is 82.3 Å². The molecule has 2 nitrogen and oxygen atoms in total. The van der Waals surface area contributed by atoms with Gasteiger partial charge in [-0.25, -0.2) is 0 Å². The summed E-state index contributed by atoms with van der Waals surface area (Å²) in [6.45, 7) is 6.45. The van der Waals surface area contributed by atoms with Gasteiger partial charge in [0.1, 0.15) is 0 Å². The van der Waals surface area contributed by atoms with Crippen LogP contribution >= 0.6 is 0 Å². The van der Waals surface area contributed by atoms with E-state index < -0.39 is 0 Å². The Bertz CT molecular complexity index is 125. The third-order valence-corrected chi connectivity index (χ3v) is 2.97. The van der Waals surface area contributed by atoms with Crippen molar-refractivity contribution in [3.8, 4) is 0 Å². The topological polar surface area (TPSA) is 38.2 Å². The zero-order valence-electron chi connectivity index (χ0n) is 8.97. The van der Waals surface area contributed by atoms with Crippen molar-refractivity contribution in [3.05, 3.63) is 0 Å². The third-order valence-electron chi connectivity index (χ3n) is 2.97. The Morgan fingerprint density at radius 3 is 1.77 bits per heavy atom. The number of hydrogen-bond acceptors (Lipinski definition) is 2. The number of rotatable bonds is 6. The Kier molecular flexibility index (Phi) is 4.20. The zero-order valence-corrected chi connectivity index (χ0v) is 8.97. The Morgan fingerprint density at radius 1 is 1.00 bits per heavy atom. The normalized spacial score (nSPS) is 21.7. The average molecular weight is 184 g/mol. The highest BCUT2D eigenvalue weighted by Crippen LogP contribution is 2.33. The van der Waals surface area contributed by atoms with Crippen molar-refractivity contribution in [2.24, 2.45) is 11.8 Å². The summed E-state index contributed by atoms with van der Waals surface area (Å²) in [6, 6.07) is 0. The summed E-state index contributed by atoms with van der Waals surface area (Å²) in [5.74, 6) is 2.16. The first-order valence-electron chi connectivity index (χ1n) is 5.61. The van der Waals surface area contributed by atoms with Crippen LogP contribution in [-0.2, 0) is 0 Å². The lowest BCUT2D eigenvalue weighted by Crippen LogP contribution is -2.28. The molecule has 78 valence electrons. The molecule has 3 N–H and O–H groups in total. The molecule has 2 aliphatic rings. The Balaban J connectivity index is 0.000000845. The monoisotopic (exact) mass is 184 g/mol. The minimum absolute atomic E-state index is 0. The molecule has 0 radical (unpaired) electrons. The first-order chi connectivity index (χ1) is 5.88. The smallest absolute Gasteiger partial charge is 0.000977 e. The molecule has 2 saturated carbocycles. The van der Waals surface area contributed by atoms with Crippen LogP contribution in [0.25, 0.3) is 0 Å². The molecule has 0 atom stereocenters. The molecule has 2 aliphatic carbocycles. The predicted octanol–water partition coefficient (Wildman–Crippen LogP) is 2.68. The van der Waals surface area contributed by atoms with Crippen molar-refractivity contribution in [1.82, 2.24) is 11.1 Å². The molecule has 13 heavy (non-hydrogen) atoms. The molecular weight excluding hydrogens is 160 g/mol. The second kappa shape index (κ2) is 4.97. The summed E-state index contributed by atoms with van der Waals surface area (Å²) < 4.78 is 0. The fourth-order valence-corrected chi connectivity index (χ4v) is 1.90. The van der Waals surface area contributed by atoms with Gasteiger partial charge in [-0.2, -0.15) is 0 Å². The maximum atomic E-state index is 2.70. The molecule has 0 heterocycles. The molecule has 0 bridgehead atoms. The fraction of sp³-hybridized carbons (Fsp3) is 1.00. The van der Waals surface area contributed by atoms with Crippen molar-refractivity contribution in [3.63, 3.8) is 0 Å².